The molecule has 2 saturated heterocycles. The van der Waals surface area contributed by atoms with Crippen molar-refractivity contribution in [3.05, 3.63) is 36.7 Å². The van der Waals surface area contributed by atoms with Crippen molar-refractivity contribution < 1.29 is 22.8 Å². The van der Waals surface area contributed by atoms with Crippen molar-refractivity contribution in [3.63, 3.8) is 0 Å². The Morgan fingerprint density at radius 2 is 1.87 bits per heavy atom. The van der Waals surface area contributed by atoms with Gasteiger partial charge in [-0.2, -0.15) is 4.31 Å². The summed E-state index contributed by atoms with van der Waals surface area (Å²) in [7, 11) is -1.97. The van der Waals surface area contributed by atoms with Crippen LogP contribution in [0.15, 0.2) is 36.7 Å². The molecule has 2 aliphatic heterocycles. The summed E-state index contributed by atoms with van der Waals surface area (Å²) < 4.78 is 26.8. The minimum atomic E-state index is -3.63. The molecule has 2 aliphatic rings. The van der Waals surface area contributed by atoms with E-state index in [1.165, 1.54) is 4.31 Å². The van der Waals surface area contributed by atoms with E-state index in [0.29, 0.717) is 12.1 Å². The Hall–Kier alpha value is -3.09. The molecule has 0 radical (unpaired) electrons. The summed E-state index contributed by atoms with van der Waals surface area (Å²) in [4.78, 5) is 46.3. The third-order valence-electron chi connectivity index (χ3n) is 7.79. The smallest absolute Gasteiger partial charge is 0.246 e. The van der Waals surface area contributed by atoms with Crippen LogP contribution in [-0.4, -0.2) is 90.9 Å². The van der Waals surface area contributed by atoms with E-state index in [0.717, 1.165) is 17.0 Å². The topological polar surface area (TPSA) is 141 Å². The number of rotatable bonds is 7. The van der Waals surface area contributed by atoms with Crippen LogP contribution in [0.1, 0.15) is 34.1 Å². The van der Waals surface area contributed by atoms with E-state index in [-0.39, 0.29) is 30.8 Å². The Bertz CT molecular complexity index is 1370. The molecule has 5 atom stereocenters. The van der Waals surface area contributed by atoms with Crippen LogP contribution in [0.2, 0.25) is 0 Å². The lowest BCUT2D eigenvalue weighted by Crippen LogP contribution is -2.59. The van der Waals surface area contributed by atoms with Crippen molar-refractivity contribution in [2.24, 2.45) is 11.3 Å². The summed E-state index contributed by atoms with van der Waals surface area (Å²) in [6.45, 7) is 7.56. The molecule has 0 saturated carbocycles. The first-order valence-corrected chi connectivity index (χ1v) is 15.0. The fraction of sp³-hybridized carbons (Fsp3) is 0.556. The van der Waals surface area contributed by atoms with Crippen molar-refractivity contribution in [1.29, 1.82) is 0 Å². The second kappa shape index (κ2) is 10.8. The number of aromatic nitrogens is 1. The Morgan fingerprint density at radius 3 is 2.51 bits per heavy atom. The SMILES string of the molecule is CN[C@@H](C)C(=O)N[C@H](C(=O)N1CC[C@@H]2[C@H]1[C@@H](C(=O)Nc1cccc3cnccc13)CN2S(C)(=O)=O)C(C)(C)C. The maximum absolute atomic E-state index is 14.0. The van der Waals surface area contributed by atoms with Crippen LogP contribution in [0.4, 0.5) is 5.69 Å². The van der Waals surface area contributed by atoms with Gasteiger partial charge in [0.1, 0.15) is 6.04 Å². The highest BCUT2D eigenvalue weighted by Gasteiger charge is 2.56. The van der Waals surface area contributed by atoms with Gasteiger partial charge in [0.15, 0.2) is 0 Å². The molecular weight excluding hydrogens is 520 g/mol. The lowest BCUT2D eigenvalue weighted by molar-refractivity contribution is -0.141. The maximum Gasteiger partial charge on any atom is 0.246 e. The number of amides is 3. The molecule has 212 valence electrons. The lowest BCUT2D eigenvalue weighted by atomic mass is 9.85. The number of pyridine rings is 1. The number of anilines is 1. The van der Waals surface area contributed by atoms with E-state index < -0.39 is 45.5 Å². The molecule has 12 heteroatoms. The number of likely N-dealkylation sites (tertiary alicyclic amines) is 1. The minimum Gasteiger partial charge on any atom is -0.342 e. The van der Waals surface area contributed by atoms with Crippen molar-refractivity contribution in [2.45, 2.75) is 58.3 Å². The Kier molecular flexibility index (Phi) is 8.02. The molecule has 11 nitrogen and oxygen atoms in total. The van der Waals surface area contributed by atoms with Crippen LogP contribution in [0.5, 0.6) is 0 Å². The monoisotopic (exact) mass is 558 g/mol. The number of hydrogen-bond donors (Lipinski definition) is 3. The minimum absolute atomic E-state index is 0.0283. The van der Waals surface area contributed by atoms with E-state index in [1.54, 1.807) is 43.4 Å². The van der Waals surface area contributed by atoms with Gasteiger partial charge >= 0.3 is 0 Å². The maximum atomic E-state index is 14.0. The summed E-state index contributed by atoms with van der Waals surface area (Å²) in [5, 5.41) is 10.4. The van der Waals surface area contributed by atoms with Gasteiger partial charge in [-0.05, 0) is 37.9 Å². The predicted octanol–water partition coefficient (Wildman–Crippen LogP) is 1.17. The zero-order chi connectivity index (χ0) is 28.7. The molecule has 0 unspecified atom stereocenters. The number of fused-ring (bicyclic) bond motifs is 2. The van der Waals surface area contributed by atoms with Gasteiger partial charge < -0.3 is 20.9 Å². The number of hydrogen-bond acceptors (Lipinski definition) is 7. The highest BCUT2D eigenvalue weighted by Crippen LogP contribution is 2.39. The standard InChI is InChI=1S/C27H38N6O5S/c1-16(28-5)24(34)31-23(27(2,3)4)26(36)32-13-11-21-22(32)19(15-33(21)39(6,37)38)25(35)30-20-9-7-8-17-14-29-12-10-18(17)20/h7-10,12,14,16,19,21-23,28H,11,13,15H2,1-6H3,(H,30,35)(H,31,34)/t16-,19-,21+,22+,23+/m0/s1. The fourth-order valence-corrected chi connectivity index (χ4v) is 6.74. The molecule has 3 amide bonds. The van der Waals surface area contributed by atoms with Gasteiger partial charge in [0.05, 0.1) is 24.3 Å². The van der Waals surface area contributed by atoms with E-state index in [4.69, 9.17) is 0 Å². The molecule has 2 fully saturated rings. The van der Waals surface area contributed by atoms with Crippen LogP contribution in [0.25, 0.3) is 10.8 Å². The number of nitrogens with one attached hydrogen (secondary N) is 3. The summed E-state index contributed by atoms with van der Waals surface area (Å²) >= 11 is 0. The third-order valence-corrected chi connectivity index (χ3v) is 9.06. The average Bonchev–Trinajstić information content (AvgIpc) is 3.46. The quantitative estimate of drug-likeness (QED) is 0.463. The van der Waals surface area contributed by atoms with Crippen LogP contribution in [0, 0.1) is 11.3 Å². The fourth-order valence-electron chi connectivity index (χ4n) is 5.58. The van der Waals surface area contributed by atoms with Crippen LogP contribution < -0.4 is 16.0 Å². The largest absolute Gasteiger partial charge is 0.342 e. The number of carbonyl (C=O) groups is 3. The normalized spacial score (nSPS) is 23.3. The lowest BCUT2D eigenvalue weighted by Gasteiger charge is -2.37. The van der Waals surface area contributed by atoms with Gasteiger partial charge in [0, 0.05) is 48.0 Å². The Balaban J connectivity index is 1.66. The molecule has 39 heavy (non-hydrogen) atoms. The molecule has 1 aromatic carbocycles. The number of carbonyl (C=O) groups excluding carboxylic acids is 3. The van der Waals surface area contributed by atoms with E-state index in [9.17, 15) is 22.8 Å². The zero-order valence-corrected chi connectivity index (χ0v) is 24.1. The second-order valence-electron chi connectivity index (χ2n) is 11.5. The third kappa shape index (κ3) is 5.78. The second-order valence-corrected chi connectivity index (χ2v) is 13.5. The molecular formula is C27H38N6O5S. The summed E-state index contributed by atoms with van der Waals surface area (Å²) in [5.74, 6) is -1.79. The number of sulfonamides is 1. The molecule has 3 heterocycles. The Labute approximate surface area is 229 Å². The van der Waals surface area contributed by atoms with Gasteiger partial charge in [-0.1, -0.05) is 32.9 Å². The summed E-state index contributed by atoms with van der Waals surface area (Å²) in [5.41, 5.74) is -0.0340. The molecule has 0 bridgehead atoms. The highest BCUT2D eigenvalue weighted by molar-refractivity contribution is 7.88. The van der Waals surface area contributed by atoms with Crippen LogP contribution in [0.3, 0.4) is 0 Å². The summed E-state index contributed by atoms with van der Waals surface area (Å²) in [6.07, 6.45) is 4.88. The van der Waals surface area contributed by atoms with Gasteiger partial charge in [-0.25, -0.2) is 8.42 Å². The van der Waals surface area contributed by atoms with Crippen molar-refractivity contribution in [1.82, 2.24) is 24.8 Å². The molecule has 4 rings (SSSR count). The number of benzene rings is 1. The molecule has 2 aromatic rings. The van der Waals surface area contributed by atoms with E-state index in [1.807, 2.05) is 32.9 Å². The number of likely N-dealkylation sites (N-methyl/N-ethyl adjacent to an activating group) is 1. The first-order chi connectivity index (χ1) is 18.2. The molecule has 0 spiro atoms. The van der Waals surface area contributed by atoms with Crippen LogP contribution in [-0.2, 0) is 24.4 Å². The van der Waals surface area contributed by atoms with Gasteiger partial charge in [0.2, 0.25) is 27.7 Å². The molecule has 3 N–H and O–H groups in total. The first-order valence-electron chi connectivity index (χ1n) is 13.1. The van der Waals surface area contributed by atoms with E-state index in [2.05, 4.69) is 20.9 Å². The first kappa shape index (κ1) is 28.9. The van der Waals surface area contributed by atoms with Crippen molar-refractivity contribution in [2.75, 3.05) is 31.7 Å². The molecule has 1 aromatic heterocycles. The van der Waals surface area contributed by atoms with Gasteiger partial charge in [-0.3, -0.25) is 19.4 Å². The van der Waals surface area contributed by atoms with Crippen molar-refractivity contribution >= 4 is 44.2 Å². The van der Waals surface area contributed by atoms with Crippen LogP contribution >= 0.6 is 0 Å². The number of nitrogens with zero attached hydrogens (tertiary/aromatic N) is 3. The average molecular weight is 559 g/mol. The Morgan fingerprint density at radius 1 is 1.15 bits per heavy atom. The van der Waals surface area contributed by atoms with Crippen molar-refractivity contribution in [3.8, 4) is 0 Å². The zero-order valence-electron chi connectivity index (χ0n) is 23.3. The highest BCUT2D eigenvalue weighted by atomic mass is 32.2. The van der Waals surface area contributed by atoms with Gasteiger partial charge in [0.25, 0.3) is 0 Å². The summed E-state index contributed by atoms with van der Waals surface area (Å²) in [6, 6.07) is 4.75. The predicted molar refractivity (Wildman–Crippen MR) is 149 cm³/mol. The van der Waals surface area contributed by atoms with Gasteiger partial charge in [-0.15, -0.1) is 0 Å². The molecule has 0 aliphatic carbocycles. The van der Waals surface area contributed by atoms with E-state index >= 15 is 0 Å².